The third-order valence-electron chi connectivity index (χ3n) is 3.07. The van der Waals surface area contributed by atoms with E-state index in [0.717, 1.165) is 31.7 Å². The first-order valence-electron chi connectivity index (χ1n) is 6.08. The van der Waals surface area contributed by atoms with Gasteiger partial charge in [0.2, 0.25) is 0 Å². The lowest BCUT2D eigenvalue weighted by Gasteiger charge is -2.13. The third kappa shape index (κ3) is 3.07. The van der Waals surface area contributed by atoms with Gasteiger partial charge < -0.3 is 4.74 Å². The molecule has 1 atom stereocenters. The van der Waals surface area contributed by atoms with E-state index in [-0.39, 0.29) is 10.7 Å². The Labute approximate surface area is 106 Å². The number of aromatic nitrogens is 2. The summed E-state index contributed by atoms with van der Waals surface area (Å²) in [7, 11) is 0. The molecule has 0 amide bonds. The number of hydrogen-bond donors (Lipinski definition) is 0. The van der Waals surface area contributed by atoms with Gasteiger partial charge in [-0.05, 0) is 19.3 Å². The Hall–Kier alpha value is -0.870. The molecule has 0 N–H and O–H groups in total. The summed E-state index contributed by atoms with van der Waals surface area (Å²) in [4.78, 5) is 16.0. The maximum atomic E-state index is 11.8. The van der Waals surface area contributed by atoms with Crippen LogP contribution in [0.5, 0.6) is 0 Å². The quantitative estimate of drug-likeness (QED) is 0.775. The predicted molar refractivity (Wildman–Crippen MR) is 66.5 cm³/mol. The van der Waals surface area contributed by atoms with Crippen LogP contribution in [0.15, 0.2) is 10.9 Å². The Morgan fingerprint density at radius 2 is 2.47 bits per heavy atom. The predicted octanol–water partition coefficient (Wildman–Crippen LogP) is 2.03. The molecule has 1 fully saturated rings. The van der Waals surface area contributed by atoms with E-state index in [1.165, 1.54) is 6.07 Å². The minimum Gasteiger partial charge on any atom is -0.378 e. The second-order valence-corrected chi connectivity index (χ2v) is 4.65. The summed E-state index contributed by atoms with van der Waals surface area (Å²) >= 11 is 5.78. The summed E-state index contributed by atoms with van der Waals surface area (Å²) in [6.45, 7) is 3.48. The van der Waals surface area contributed by atoms with E-state index >= 15 is 0 Å². The van der Waals surface area contributed by atoms with E-state index in [1.807, 2.05) is 6.92 Å². The average Bonchev–Trinajstić information content (AvgIpc) is 2.79. The number of aryl methyl sites for hydroxylation is 1. The highest BCUT2D eigenvalue weighted by molar-refractivity contribution is 6.29. The van der Waals surface area contributed by atoms with E-state index in [1.54, 1.807) is 4.57 Å². The summed E-state index contributed by atoms with van der Waals surface area (Å²) in [5.74, 6) is 0.750. The molecule has 0 aromatic carbocycles. The van der Waals surface area contributed by atoms with E-state index in [4.69, 9.17) is 16.3 Å². The topological polar surface area (TPSA) is 44.1 Å². The highest BCUT2D eigenvalue weighted by Gasteiger charge is 2.16. The highest BCUT2D eigenvalue weighted by Crippen LogP contribution is 2.16. The van der Waals surface area contributed by atoms with Crippen molar-refractivity contribution in [3.05, 3.63) is 27.4 Å². The van der Waals surface area contributed by atoms with Gasteiger partial charge >= 0.3 is 0 Å². The van der Waals surface area contributed by atoms with Crippen LogP contribution in [0.2, 0.25) is 5.15 Å². The maximum absolute atomic E-state index is 11.8. The molecule has 1 saturated heterocycles. The van der Waals surface area contributed by atoms with Gasteiger partial charge in [0.1, 0.15) is 11.0 Å². The smallest absolute Gasteiger partial charge is 0.254 e. The zero-order valence-corrected chi connectivity index (χ0v) is 10.7. The molecule has 1 aliphatic rings. The number of hydrogen-bond acceptors (Lipinski definition) is 3. The SMILES string of the molecule is CCc1nc(Cl)cc(=O)n1CCC1CCCO1. The number of halogens is 1. The molecule has 0 radical (unpaired) electrons. The largest absolute Gasteiger partial charge is 0.378 e. The fraction of sp³-hybridized carbons (Fsp3) is 0.667. The fourth-order valence-electron chi connectivity index (χ4n) is 2.18. The van der Waals surface area contributed by atoms with E-state index < -0.39 is 0 Å². The standard InChI is InChI=1S/C12H17ClN2O2/c1-2-11-14-10(13)8-12(16)15(11)6-5-9-4-3-7-17-9/h8-9H,2-7H2,1H3. The Morgan fingerprint density at radius 1 is 1.65 bits per heavy atom. The van der Waals surface area contributed by atoms with Crippen molar-refractivity contribution in [2.75, 3.05) is 6.61 Å². The van der Waals surface area contributed by atoms with Gasteiger partial charge in [0, 0.05) is 25.6 Å². The molecule has 17 heavy (non-hydrogen) atoms. The van der Waals surface area contributed by atoms with Gasteiger partial charge in [0.15, 0.2) is 0 Å². The van der Waals surface area contributed by atoms with Gasteiger partial charge in [-0.15, -0.1) is 0 Å². The van der Waals surface area contributed by atoms with Crippen LogP contribution in [-0.2, 0) is 17.7 Å². The van der Waals surface area contributed by atoms with E-state index in [2.05, 4.69) is 4.98 Å². The van der Waals surface area contributed by atoms with Gasteiger partial charge in [-0.25, -0.2) is 4.98 Å². The van der Waals surface area contributed by atoms with Crippen LogP contribution in [0.3, 0.4) is 0 Å². The monoisotopic (exact) mass is 256 g/mol. The highest BCUT2D eigenvalue weighted by atomic mass is 35.5. The van der Waals surface area contributed by atoms with Gasteiger partial charge in [-0.1, -0.05) is 18.5 Å². The van der Waals surface area contributed by atoms with Crippen LogP contribution in [0.4, 0.5) is 0 Å². The second-order valence-electron chi connectivity index (χ2n) is 4.26. The van der Waals surface area contributed by atoms with Gasteiger partial charge in [0.25, 0.3) is 5.56 Å². The minimum absolute atomic E-state index is 0.0696. The molecule has 0 spiro atoms. The summed E-state index contributed by atoms with van der Waals surface area (Å²) in [5.41, 5.74) is -0.0696. The van der Waals surface area contributed by atoms with Crippen LogP contribution in [0.25, 0.3) is 0 Å². The van der Waals surface area contributed by atoms with Crippen LogP contribution in [-0.4, -0.2) is 22.3 Å². The maximum Gasteiger partial charge on any atom is 0.254 e. The van der Waals surface area contributed by atoms with Crippen molar-refractivity contribution in [2.45, 2.75) is 45.3 Å². The molecule has 4 nitrogen and oxygen atoms in total. The molecular formula is C12H17ClN2O2. The van der Waals surface area contributed by atoms with Crippen LogP contribution < -0.4 is 5.56 Å². The summed E-state index contributed by atoms with van der Waals surface area (Å²) < 4.78 is 7.25. The Morgan fingerprint density at radius 3 is 3.12 bits per heavy atom. The van der Waals surface area contributed by atoms with E-state index in [9.17, 15) is 4.79 Å². The van der Waals surface area contributed by atoms with Crippen molar-refractivity contribution in [3.8, 4) is 0 Å². The first kappa shape index (κ1) is 12.6. The van der Waals surface area contributed by atoms with Crippen molar-refractivity contribution < 1.29 is 4.74 Å². The molecule has 0 aliphatic carbocycles. The van der Waals surface area contributed by atoms with Gasteiger partial charge in [0.05, 0.1) is 6.10 Å². The molecule has 1 aromatic heterocycles. The van der Waals surface area contributed by atoms with Crippen LogP contribution in [0.1, 0.15) is 32.0 Å². The molecule has 94 valence electrons. The molecule has 1 aliphatic heterocycles. The lowest BCUT2D eigenvalue weighted by molar-refractivity contribution is 0.0998. The zero-order valence-electron chi connectivity index (χ0n) is 9.99. The van der Waals surface area contributed by atoms with Crippen LogP contribution in [0, 0.1) is 0 Å². The number of rotatable bonds is 4. The van der Waals surface area contributed by atoms with E-state index in [0.29, 0.717) is 19.1 Å². The Balaban J connectivity index is 2.11. The lowest BCUT2D eigenvalue weighted by Crippen LogP contribution is -2.26. The molecule has 1 unspecified atom stereocenters. The Kier molecular flexibility index (Phi) is 4.18. The lowest BCUT2D eigenvalue weighted by atomic mass is 10.2. The molecule has 0 bridgehead atoms. The fourth-order valence-corrected chi connectivity index (χ4v) is 2.37. The first-order valence-corrected chi connectivity index (χ1v) is 6.46. The average molecular weight is 257 g/mol. The molecule has 2 rings (SSSR count). The van der Waals surface area contributed by atoms with Gasteiger partial charge in [-0.3, -0.25) is 9.36 Å². The molecule has 0 saturated carbocycles. The van der Waals surface area contributed by atoms with Crippen molar-refractivity contribution in [2.24, 2.45) is 0 Å². The molecule has 5 heteroatoms. The number of nitrogens with zero attached hydrogens (tertiary/aromatic N) is 2. The zero-order chi connectivity index (χ0) is 12.3. The third-order valence-corrected chi connectivity index (χ3v) is 3.26. The van der Waals surface area contributed by atoms with Gasteiger partial charge in [-0.2, -0.15) is 0 Å². The second kappa shape index (κ2) is 5.65. The normalized spacial score (nSPS) is 19.8. The molecular weight excluding hydrogens is 240 g/mol. The van der Waals surface area contributed by atoms with Crippen LogP contribution >= 0.6 is 11.6 Å². The Bertz CT molecular complexity index is 439. The summed E-state index contributed by atoms with van der Waals surface area (Å²) in [6, 6.07) is 1.37. The summed E-state index contributed by atoms with van der Waals surface area (Å²) in [6.07, 6.45) is 4.09. The summed E-state index contributed by atoms with van der Waals surface area (Å²) in [5, 5.41) is 0.278. The molecule has 1 aromatic rings. The van der Waals surface area contributed by atoms with Crippen molar-refractivity contribution in [1.29, 1.82) is 0 Å². The first-order chi connectivity index (χ1) is 8.20. The minimum atomic E-state index is -0.0696. The van der Waals surface area contributed by atoms with Crippen molar-refractivity contribution in [3.63, 3.8) is 0 Å². The number of ether oxygens (including phenoxy) is 1. The molecule has 2 heterocycles. The van der Waals surface area contributed by atoms with Crippen molar-refractivity contribution >= 4 is 11.6 Å². The van der Waals surface area contributed by atoms with Crippen molar-refractivity contribution in [1.82, 2.24) is 9.55 Å².